The first-order chi connectivity index (χ1) is 13.6. The van der Waals surface area contributed by atoms with Crippen molar-refractivity contribution < 1.29 is 19.1 Å². The van der Waals surface area contributed by atoms with Crippen LogP contribution in [0.2, 0.25) is 0 Å². The van der Waals surface area contributed by atoms with Crippen LogP contribution in [0.5, 0.6) is 5.75 Å². The quantitative estimate of drug-likeness (QED) is 0.575. The van der Waals surface area contributed by atoms with E-state index in [1.54, 1.807) is 37.7 Å². The third-order valence-corrected chi connectivity index (χ3v) is 4.60. The van der Waals surface area contributed by atoms with Crippen molar-refractivity contribution in [3.05, 3.63) is 42.0 Å². The van der Waals surface area contributed by atoms with Crippen molar-refractivity contribution in [1.29, 1.82) is 0 Å². The predicted octanol–water partition coefficient (Wildman–Crippen LogP) is 0.690. The van der Waals surface area contributed by atoms with Gasteiger partial charge in [0.2, 0.25) is 5.91 Å². The average molecular weight is 387 g/mol. The minimum atomic E-state index is -0.174. The van der Waals surface area contributed by atoms with E-state index in [0.29, 0.717) is 43.4 Å². The number of nitrogens with zero attached hydrogens (tertiary/aromatic N) is 2. The molecule has 28 heavy (non-hydrogen) atoms. The van der Waals surface area contributed by atoms with Crippen molar-refractivity contribution in [1.82, 2.24) is 20.6 Å². The van der Waals surface area contributed by atoms with Crippen LogP contribution in [-0.2, 0) is 16.1 Å². The maximum absolute atomic E-state index is 12.3. The van der Waals surface area contributed by atoms with E-state index in [4.69, 9.17) is 9.47 Å². The van der Waals surface area contributed by atoms with Gasteiger partial charge in [-0.1, -0.05) is 0 Å². The number of hydrogen-bond acceptors (Lipinski definition) is 6. The maximum Gasteiger partial charge on any atom is 0.251 e. The van der Waals surface area contributed by atoms with Gasteiger partial charge in [-0.05, 0) is 18.2 Å². The first kappa shape index (κ1) is 19.7. The Morgan fingerprint density at radius 3 is 3.00 bits per heavy atom. The number of benzene rings is 1. The van der Waals surface area contributed by atoms with Gasteiger partial charge in [0.1, 0.15) is 18.2 Å². The minimum Gasteiger partial charge on any atom is -0.489 e. The SMILES string of the molecule is COCCNC(=O)c1ccc2c(c1)N(C)C(CC(=O)NCc1ncc[nH]1)CO2. The van der Waals surface area contributed by atoms with Crippen LogP contribution in [-0.4, -0.2) is 61.7 Å². The predicted molar refractivity (Wildman–Crippen MR) is 103 cm³/mol. The van der Waals surface area contributed by atoms with Crippen LogP contribution >= 0.6 is 0 Å². The molecule has 2 aromatic rings. The Morgan fingerprint density at radius 1 is 1.39 bits per heavy atom. The van der Waals surface area contributed by atoms with Gasteiger partial charge in [-0.2, -0.15) is 0 Å². The molecule has 0 saturated heterocycles. The van der Waals surface area contributed by atoms with Crippen LogP contribution in [0.3, 0.4) is 0 Å². The van der Waals surface area contributed by atoms with E-state index < -0.39 is 0 Å². The van der Waals surface area contributed by atoms with Gasteiger partial charge in [0, 0.05) is 38.7 Å². The number of hydrogen-bond donors (Lipinski definition) is 3. The molecule has 2 heterocycles. The van der Waals surface area contributed by atoms with Crippen LogP contribution in [0.25, 0.3) is 0 Å². The van der Waals surface area contributed by atoms with E-state index >= 15 is 0 Å². The molecule has 0 saturated carbocycles. The van der Waals surface area contributed by atoms with Crippen molar-refractivity contribution in [2.45, 2.75) is 19.0 Å². The van der Waals surface area contributed by atoms with Crippen LogP contribution in [0.15, 0.2) is 30.6 Å². The van der Waals surface area contributed by atoms with E-state index in [1.165, 1.54) is 0 Å². The first-order valence-electron chi connectivity index (χ1n) is 9.10. The summed E-state index contributed by atoms with van der Waals surface area (Å²) in [5.41, 5.74) is 1.32. The number of imidazole rings is 1. The highest BCUT2D eigenvalue weighted by Crippen LogP contribution is 2.34. The van der Waals surface area contributed by atoms with Gasteiger partial charge in [0.25, 0.3) is 5.91 Å². The Morgan fingerprint density at radius 2 is 2.25 bits per heavy atom. The van der Waals surface area contributed by atoms with E-state index in [2.05, 4.69) is 20.6 Å². The van der Waals surface area contributed by atoms with E-state index in [0.717, 1.165) is 5.69 Å². The zero-order valence-corrected chi connectivity index (χ0v) is 16.0. The lowest BCUT2D eigenvalue weighted by molar-refractivity contribution is -0.121. The fourth-order valence-electron chi connectivity index (χ4n) is 2.98. The zero-order chi connectivity index (χ0) is 19.9. The van der Waals surface area contributed by atoms with E-state index in [1.807, 2.05) is 11.9 Å². The monoisotopic (exact) mass is 387 g/mol. The second kappa shape index (κ2) is 9.23. The highest BCUT2D eigenvalue weighted by Gasteiger charge is 2.27. The summed E-state index contributed by atoms with van der Waals surface area (Å²) in [6.45, 7) is 1.65. The lowest BCUT2D eigenvalue weighted by atomic mass is 10.1. The Kier molecular flexibility index (Phi) is 6.49. The van der Waals surface area contributed by atoms with E-state index in [9.17, 15) is 9.59 Å². The fourth-order valence-corrected chi connectivity index (χ4v) is 2.98. The number of aromatic nitrogens is 2. The Balaban J connectivity index is 1.60. The number of carbonyl (C=O) groups is 2. The molecule has 9 heteroatoms. The molecule has 0 aliphatic carbocycles. The fraction of sp³-hybridized carbons (Fsp3) is 0.421. The topological polar surface area (TPSA) is 109 Å². The summed E-state index contributed by atoms with van der Waals surface area (Å²) in [4.78, 5) is 33.6. The number of H-pyrrole nitrogens is 1. The summed E-state index contributed by atoms with van der Waals surface area (Å²) in [5.74, 6) is 1.14. The molecule has 1 aromatic heterocycles. The van der Waals surface area contributed by atoms with Crippen LogP contribution in [0, 0.1) is 0 Å². The number of methoxy groups -OCH3 is 1. The summed E-state index contributed by atoms with van der Waals surface area (Å²) in [6, 6.07) is 5.16. The summed E-state index contributed by atoms with van der Waals surface area (Å²) in [5, 5.41) is 5.64. The lowest BCUT2D eigenvalue weighted by Gasteiger charge is -2.35. The highest BCUT2D eigenvalue weighted by atomic mass is 16.5. The standard InChI is InChI=1S/C19H25N5O4/c1-24-14(10-18(25)23-11-17-20-5-6-21-17)12-28-16-4-3-13(9-15(16)24)19(26)22-7-8-27-2/h3-6,9,14H,7-8,10-12H2,1-2H3,(H,20,21)(H,22,26)(H,23,25). The number of ether oxygens (including phenoxy) is 2. The second-order valence-electron chi connectivity index (χ2n) is 6.52. The molecule has 0 radical (unpaired) electrons. The molecule has 1 atom stereocenters. The molecule has 1 aliphatic heterocycles. The molecular formula is C19H25N5O4. The van der Waals surface area contributed by atoms with Gasteiger partial charge >= 0.3 is 0 Å². The number of fused-ring (bicyclic) bond motifs is 1. The molecule has 150 valence electrons. The largest absolute Gasteiger partial charge is 0.489 e. The summed E-state index contributed by atoms with van der Waals surface area (Å²) >= 11 is 0. The van der Waals surface area contributed by atoms with Crippen LogP contribution < -0.4 is 20.3 Å². The zero-order valence-electron chi connectivity index (χ0n) is 16.0. The third kappa shape index (κ3) is 4.80. The van der Waals surface area contributed by atoms with Crippen molar-refractivity contribution in [2.24, 2.45) is 0 Å². The minimum absolute atomic E-state index is 0.0891. The van der Waals surface area contributed by atoms with Crippen LogP contribution in [0.1, 0.15) is 22.6 Å². The second-order valence-corrected chi connectivity index (χ2v) is 6.52. The number of carbonyl (C=O) groups excluding carboxylic acids is 2. The molecule has 0 bridgehead atoms. The lowest BCUT2D eigenvalue weighted by Crippen LogP contribution is -2.43. The van der Waals surface area contributed by atoms with Gasteiger partial charge in [-0.15, -0.1) is 0 Å². The normalized spacial score (nSPS) is 15.5. The average Bonchev–Trinajstić information content (AvgIpc) is 3.22. The first-order valence-corrected chi connectivity index (χ1v) is 9.10. The number of rotatable bonds is 8. The van der Waals surface area contributed by atoms with Crippen molar-refractivity contribution in [2.75, 3.05) is 38.8 Å². The molecule has 1 aromatic carbocycles. The molecule has 3 N–H and O–H groups in total. The Hall–Kier alpha value is -3.07. The smallest absolute Gasteiger partial charge is 0.251 e. The van der Waals surface area contributed by atoms with Crippen molar-refractivity contribution in [3.8, 4) is 5.75 Å². The van der Waals surface area contributed by atoms with Gasteiger partial charge in [0.15, 0.2) is 0 Å². The summed E-state index contributed by atoms with van der Waals surface area (Å²) in [6.07, 6.45) is 3.63. The number of nitrogens with one attached hydrogen (secondary N) is 3. The maximum atomic E-state index is 12.3. The Labute approximate surface area is 163 Å². The highest BCUT2D eigenvalue weighted by molar-refractivity contribution is 5.95. The number of likely N-dealkylation sites (N-methyl/N-ethyl adjacent to an activating group) is 1. The number of amides is 2. The molecule has 3 rings (SSSR count). The van der Waals surface area contributed by atoms with Gasteiger partial charge < -0.3 is 30.0 Å². The van der Waals surface area contributed by atoms with Gasteiger partial charge in [-0.3, -0.25) is 9.59 Å². The van der Waals surface area contributed by atoms with E-state index in [-0.39, 0.29) is 24.3 Å². The molecule has 1 unspecified atom stereocenters. The van der Waals surface area contributed by atoms with Crippen LogP contribution in [0.4, 0.5) is 5.69 Å². The molecule has 2 amide bonds. The van der Waals surface area contributed by atoms with Crippen molar-refractivity contribution in [3.63, 3.8) is 0 Å². The number of anilines is 1. The molecule has 1 aliphatic rings. The Bertz CT molecular complexity index is 809. The third-order valence-electron chi connectivity index (χ3n) is 4.60. The molecule has 0 spiro atoms. The molecular weight excluding hydrogens is 362 g/mol. The van der Waals surface area contributed by atoms with Gasteiger partial charge in [-0.25, -0.2) is 4.98 Å². The summed E-state index contributed by atoms with van der Waals surface area (Å²) in [7, 11) is 3.49. The molecule has 9 nitrogen and oxygen atoms in total. The molecule has 0 fully saturated rings. The van der Waals surface area contributed by atoms with Crippen molar-refractivity contribution >= 4 is 17.5 Å². The summed E-state index contributed by atoms with van der Waals surface area (Å²) < 4.78 is 10.7. The number of aromatic amines is 1. The van der Waals surface area contributed by atoms with Gasteiger partial charge in [0.05, 0.1) is 31.3 Å².